The molecule has 5 aromatic rings. The molecule has 204 valence electrons. The zero-order valence-electron chi connectivity index (χ0n) is 22.9. The summed E-state index contributed by atoms with van der Waals surface area (Å²) < 4.78 is 22.5. The number of amides is 1. The minimum atomic E-state index is 0.0371. The molecule has 0 spiro atoms. The zero-order chi connectivity index (χ0) is 28.0. The molecular weight excluding hydrogens is 508 g/mol. The SMILES string of the molecule is C=C(CCC(=O)[NH+]1C=c2[nH]c3c(OC)cccc3c2=C(OC)C1)c1ncc(OC)c2c1[nH]c1c(OC)cccc12. The summed E-state index contributed by atoms with van der Waals surface area (Å²) in [5.41, 5.74) is 4.01. The molecule has 4 heterocycles. The number of ether oxygens (including phenoxy) is 4. The van der Waals surface area contributed by atoms with E-state index in [1.54, 1.807) is 34.6 Å². The van der Waals surface area contributed by atoms with Crippen LogP contribution >= 0.6 is 0 Å². The van der Waals surface area contributed by atoms with Gasteiger partial charge in [-0.3, -0.25) is 4.98 Å². The van der Waals surface area contributed by atoms with Gasteiger partial charge >= 0.3 is 5.91 Å². The highest BCUT2D eigenvalue weighted by Gasteiger charge is 2.26. The minimum Gasteiger partial charge on any atom is -0.495 e. The van der Waals surface area contributed by atoms with E-state index in [-0.39, 0.29) is 5.91 Å². The van der Waals surface area contributed by atoms with Gasteiger partial charge in [-0.25, -0.2) is 9.69 Å². The number of carbonyl (C=O) groups excluding carboxylic acids is 1. The highest BCUT2D eigenvalue weighted by Crippen LogP contribution is 2.39. The standard InChI is InChI=1S/C31H30N4O5/c1-17(28-31-27(23(39-4)14-32-28)19-9-7-11-22(38-3)30(19)34-31)12-13-25(36)35-15-20-26(24(16-35)40-5)18-8-6-10-21(37-2)29(18)33-20/h6-11,14-15,33-34H,1,12-13,16H2,2-5H3/p+1. The van der Waals surface area contributed by atoms with Crippen molar-refractivity contribution >= 4 is 56.1 Å². The second kappa shape index (κ2) is 10.1. The molecule has 1 amide bonds. The van der Waals surface area contributed by atoms with Gasteiger partial charge in [-0.2, -0.15) is 0 Å². The molecule has 3 aromatic heterocycles. The Morgan fingerprint density at radius 2 is 1.55 bits per heavy atom. The Bertz CT molecular complexity index is 1930. The first-order chi connectivity index (χ1) is 19.5. The quantitative estimate of drug-likeness (QED) is 0.280. The van der Waals surface area contributed by atoms with Gasteiger partial charge in [0.05, 0.1) is 73.9 Å². The fourth-order valence-electron chi connectivity index (χ4n) is 5.64. The van der Waals surface area contributed by atoms with E-state index in [1.807, 2.05) is 42.6 Å². The predicted molar refractivity (Wildman–Crippen MR) is 155 cm³/mol. The Hall–Kier alpha value is -4.76. The lowest BCUT2D eigenvalue weighted by Crippen LogP contribution is -3.11. The number of nitrogens with one attached hydrogen (secondary N) is 3. The van der Waals surface area contributed by atoms with Crippen molar-refractivity contribution in [2.24, 2.45) is 0 Å². The number of fused-ring (bicyclic) bond motifs is 6. The van der Waals surface area contributed by atoms with Crippen LogP contribution in [0.4, 0.5) is 0 Å². The molecule has 2 aromatic carbocycles. The first kappa shape index (κ1) is 25.5. The molecule has 1 unspecified atom stereocenters. The Morgan fingerprint density at radius 3 is 2.23 bits per heavy atom. The number of quaternary nitrogens is 1. The van der Waals surface area contributed by atoms with Gasteiger partial charge in [0.2, 0.25) is 0 Å². The number of benzene rings is 2. The maximum absolute atomic E-state index is 13.5. The van der Waals surface area contributed by atoms with Crippen molar-refractivity contribution in [3.05, 3.63) is 65.4 Å². The molecule has 0 saturated heterocycles. The van der Waals surface area contributed by atoms with Crippen molar-refractivity contribution in [2.45, 2.75) is 12.8 Å². The molecule has 9 nitrogen and oxygen atoms in total. The van der Waals surface area contributed by atoms with E-state index in [4.69, 9.17) is 18.9 Å². The number of hydrogen-bond acceptors (Lipinski definition) is 6. The van der Waals surface area contributed by atoms with Crippen LogP contribution in [0, 0.1) is 0 Å². The van der Waals surface area contributed by atoms with E-state index in [9.17, 15) is 4.79 Å². The van der Waals surface area contributed by atoms with Crippen LogP contribution in [0.1, 0.15) is 18.5 Å². The summed E-state index contributed by atoms with van der Waals surface area (Å²) in [6.45, 7) is 4.72. The molecule has 6 rings (SSSR count). The van der Waals surface area contributed by atoms with E-state index >= 15 is 0 Å². The van der Waals surface area contributed by atoms with Crippen molar-refractivity contribution < 1.29 is 28.6 Å². The third-order valence-corrected chi connectivity index (χ3v) is 7.62. The van der Waals surface area contributed by atoms with E-state index in [2.05, 4.69) is 21.5 Å². The van der Waals surface area contributed by atoms with E-state index < -0.39 is 0 Å². The van der Waals surface area contributed by atoms with Gasteiger partial charge in [-0.1, -0.05) is 30.8 Å². The fraction of sp³-hybridized carbons (Fsp3) is 0.226. The van der Waals surface area contributed by atoms with Gasteiger partial charge in [-0.15, -0.1) is 0 Å². The lowest BCUT2D eigenvalue weighted by Gasteiger charge is -2.17. The fourth-order valence-corrected chi connectivity index (χ4v) is 5.64. The molecular formula is C31H31N4O5+. The van der Waals surface area contributed by atoms with Crippen molar-refractivity contribution in [1.82, 2.24) is 15.0 Å². The molecule has 1 atom stereocenters. The summed E-state index contributed by atoms with van der Waals surface area (Å²) in [5.74, 6) is 2.92. The van der Waals surface area contributed by atoms with Crippen molar-refractivity contribution in [2.75, 3.05) is 35.0 Å². The van der Waals surface area contributed by atoms with Gasteiger partial charge < -0.3 is 28.9 Å². The first-order valence-corrected chi connectivity index (χ1v) is 13.0. The van der Waals surface area contributed by atoms with E-state index in [0.29, 0.717) is 35.7 Å². The van der Waals surface area contributed by atoms with Crippen molar-refractivity contribution in [3.63, 3.8) is 0 Å². The number of rotatable bonds is 8. The Labute approximate surface area is 230 Å². The van der Waals surface area contributed by atoms with Gasteiger partial charge in [0.1, 0.15) is 35.3 Å². The Kier molecular flexibility index (Phi) is 6.43. The zero-order valence-corrected chi connectivity index (χ0v) is 22.9. The number of aromatic amines is 2. The van der Waals surface area contributed by atoms with Gasteiger partial charge in [0.15, 0.2) is 5.76 Å². The molecule has 1 aliphatic rings. The normalized spacial score (nSPS) is 14.7. The largest absolute Gasteiger partial charge is 0.495 e. The monoisotopic (exact) mass is 539 g/mol. The second-order valence-electron chi connectivity index (χ2n) is 9.73. The second-order valence-corrected chi connectivity index (χ2v) is 9.73. The average Bonchev–Trinajstić information content (AvgIpc) is 3.57. The van der Waals surface area contributed by atoms with Crippen LogP contribution in [0.2, 0.25) is 0 Å². The molecule has 0 fully saturated rings. The Balaban J connectivity index is 1.30. The third-order valence-electron chi connectivity index (χ3n) is 7.62. The molecule has 0 bridgehead atoms. The average molecular weight is 540 g/mol. The number of nitrogens with zero attached hydrogens (tertiary/aromatic N) is 1. The predicted octanol–water partition coefficient (Wildman–Crippen LogP) is 2.63. The Morgan fingerprint density at radius 1 is 0.875 bits per heavy atom. The van der Waals surface area contributed by atoms with Gasteiger partial charge in [0.25, 0.3) is 0 Å². The van der Waals surface area contributed by atoms with E-state index in [0.717, 1.165) is 66.1 Å². The number of pyridine rings is 1. The number of H-pyrrole nitrogens is 2. The maximum Gasteiger partial charge on any atom is 0.317 e. The van der Waals surface area contributed by atoms with Crippen LogP contribution in [-0.2, 0) is 9.53 Å². The summed E-state index contributed by atoms with van der Waals surface area (Å²) >= 11 is 0. The lowest BCUT2D eigenvalue weighted by atomic mass is 10.0. The molecule has 40 heavy (non-hydrogen) atoms. The van der Waals surface area contributed by atoms with Gasteiger partial charge in [0, 0.05) is 10.8 Å². The lowest BCUT2D eigenvalue weighted by molar-refractivity contribution is -0.726. The molecule has 0 radical (unpaired) electrons. The maximum atomic E-state index is 13.5. The van der Waals surface area contributed by atoms with Crippen molar-refractivity contribution in [3.8, 4) is 17.2 Å². The molecule has 0 saturated carbocycles. The summed E-state index contributed by atoms with van der Waals surface area (Å²) in [7, 11) is 6.55. The van der Waals surface area contributed by atoms with Gasteiger partial charge in [-0.05, 0) is 24.1 Å². The van der Waals surface area contributed by atoms with Crippen molar-refractivity contribution in [1.29, 1.82) is 0 Å². The van der Waals surface area contributed by atoms with Crippen LogP contribution in [0.25, 0.3) is 50.2 Å². The number of aromatic nitrogens is 3. The highest BCUT2D eigenvalue weighted by molar-refractivity contribution is 6.14. The number of methoxy groups -OCH3 is 4. The number of hydrogen-bond donors (Lipinski definition) is 3. The van der Waals surface area contributed by atoms with Crippen LogP contribution in [0.5, 0.6) is 17.2 Å². The molecule has 0 aliphatic carbocycles. The first-order valence-electron chi connectivity index (χ1n) is 13.0. The highest BCUT2D eigenvalue weighted by atomic mass is 16.5. The molecule has 3 N–H and O–H groups in total. The summed E-state index contributed by atoms with van der Waals surface area (Å²) in [4.78, 5) is 25.7. The van der Waals surface area contributed by atoms with Crippen LogP contribution < -0.4 is 29.7 Å². The topological polar surface area (TPSA) is 103 Å². The summed E-state index contributed by atoms with van der Waals surface area (Å²) in [6, 6.07) is 11.8. The number of allylic oxidation sites excluding steroid dienone is 1. The van der Waals surface area contributed by atoms with Crippen LogP contribution in [-0.4, -0.2) is 55.8 Å². The van der Waals surface area contributed by atoms with E-state index in [1.165, 1.54) is 0 Å². The van der Waals surface area contributed by atoms with Crippen LogP contribution in [0.3, 0.4) is 0 Å². The summed E-state index contributed by atoms with van der Waals surface area (Å²) in [6.07, 6.45) is 4.37. The molecule has 9 heteroatoms. The number of para-hydroxylation sites is 2. The summed E-state index contributed by atoms with van der Waals surface area (Å²) in [5, 5.41) is 4.70. The van der Waals surface area contributed by atoms with Crippen LogP contribution in [0.15, 0.2) is 49.2 Å². The number of carbonyl (C=O) groups is 1. The minimum absolute atomic E-state index is 0.0371. The smallest absolute Gasteiger partial charge is 0.317 e. The third kappa shape index (κ3) is 3.97. The molecule has 1 aliphatic heterocycles.